The van der Waals surface area contributed by atoms with Crippen molar-refractivity contribution >= 4 is 5.69 Å². The zero-order valence-electron chi connectivity index (χ0n) is 13.2. The second-order valence-corrected chi connectivity index (χ2v) is 5.78. The maximum absolute atomic E-state index is 13.5. The first kappa shape index (κ1) is 16.2. The molecule has 1 heterocycles. The van der Waals surface area contributed by atoms with E-state index in [0.717, 1.165) is 31.1 Å². The number of methoxy groups -OCH3 is 1. The Balaban J connectivity index is 2.01. The van der Waals surface area contributed by atoms with Crippen LogP contribution in [-0.2, 0) is 11.3 Å². The summed E-state index contributed by atoms with van der Waals surface area (Å²) in [5.41, 5.74) is 2.22. The van der Waals surface area contributed by atoms with Gasteiger partial charge in [0.05, 0.1) is 6.61 Å². The van der Waals surface area contributed by atoms with E-state index in [2.05, 4.69) is 17.1 Å². The third kappa shape index (κ3) is 4.68. The van der Waals surface area contributed by atoms with Gasteiger partial charge in [0.15, 0.2) is 0 Å². The first-order chi connectivity index (χ1) is 10.2. The fraction of sp³-hybridized carbons (Fsp3) is 0.647. The molecule has 1 fully saturated rings. The van der Waals surface area contributed by atoms with Crippen LogP contribution in [0.3, 0.4) is 0 Å². The molecule has 0 aliphatic carbocycles. The van der Waals surface area contributed by atoms with Crippen LogP contribution in [0.15, 0.2) is 18.2 Å². The summed E-state index contributed by atoms with van der Waals surface area (Å²) in [7, 11) is 1.69. The quantitative estimate of drug-likeness (QED) is 0.782. The number of nitrogens with zero attached hydrogens (tertiary/aromatic N) is 1. The Labute approximate surface area is 127 Å². The first-order valence-electron chi connectivity index (χ1n) is 7.97. The van der Waals surface area contributed by atoms with Crippen molar-refractivity contribution in [1.29, 1.82) is 0 Å². The summed E-state index contributed by atoms with van der Waals surface area (Å²) in [5.74, 6) is 0.690. The molecule has 0 radical (unpaired) electrons. The van der Waals surface area contributed by atoms with Crippen molar-refractivity contribution in [2.75, 3.05) is 38.3 Å². The normalized spacial score (nSPS) is 16.4. The minimum atomic E-state index is -0.161. The number of piperidine rings is 1. The number of anilines is 1. The second-order valence-electron chi connectivity index (χ2n) is 5.78. The minimum Gasteiger partial charge on any atom is -0.383 e. The number of hydrogen-bond acceptors (Lipinski definition) is 3. The van der Waals surface area contributed by atoms with Gasteiger partial charge in [-0.2, -0.15) is 0 Å². The van der Waals surface area contributed by atoms with Gasteiger partial charge >= 0.3 is 0 Å². The van der Waals surface area contributed by atoms with Crippen molar-refractivity contribution in [3.63, 3.8) is 0 Å². The van der Waals surface area contributed by atoms with Crippen LogP contribution in [0.1, 0.15) is 31.7 Å². The second kappa shape index (κ2) is 8.35. The Bertz CT molecular complexity index is 431. The molecule has 0 unspecified atom stereocenters. The zero-order chi connectivity index (χ0) is 15.1. The van der Waals surface area contributed by atoms with Crippen molar-refractivity contribution in [2.45, 2.75) is 32.7 Å². The molecule has 1 aromatic rings. The van der Waals surface area contributed by atoms with E-state index in [4.69, 9.17) is 4.74 Å². The van der Waals surface area contributed by atoms with Crippen molar-refractivity contribution in [2.24, 2.45) is 5.92 Å². The highest BCUT2D eigenvalue weighted by Crippen LogP contribution is 2.28. The van der Waals surface area contributed by atoms with Gasteiger partial charge in [-0.25, -0.2) is 4.39 Å². The number of nitrogens with one attached hydrogen (secondary N) is 1. The standard InChI is InChI=1S/C17H27FN2O/c1-3-14-6-9-20(10-7-14)17-5-4-16(18)12-15(17)13-19-8-11-21-2/h4-5,12,14,19H,3,6-11,13H2,1-2H3. The average molecular weight is 294 g/mol. The van der Waals surface area contributed by atoms with Gasteiger partial charge in [0.1, 0.15) is 5.82 Å². The van der Waals surface area contributed by atoms with Crippen LogP contribution in [0.2, 0.25) is 0 Å². The Morgan fingerprint density at radius 1 is 1.33 bits per heavy atom. The lowest BCUT2D eigenvalue weighted by molar-refractivity contribution is 0.199. The van der Waals surface area contributed by atoms with Gasteiger partial charge in [0.2, 0.25) is 0 Å². The lowest BCUT2D eigenvalue weighted by atomic mass is 9.93. The molecule has 118 valence electrons. The summed E-state index contributed by atoms with van der Waals surface area (Å²) in [5, 5.41) is 3.31. The Morgan fingerprint density at radius 2 is 2.10 bits per heavy atom. The number of hydrogen-bond donors (Lipinski definition) is 1. The third-order valence-electron chi connectivity index (χ3n) is 4.37. The smallest absolute Gasteiger partial charge is 0.123 e. The molecule has 0 amide bonds. The number of halogens is 1. The van der Waals surface area contributed by atoms with Crippen LogP contribution in [0.25, 0.3) is 0 Å². The molecule has 0 atom stereocenters. The van der Waals surface area contributed by atoms with E-state index in [-0.39, 0.29) is 5.82 Å². The summed E-state index contributed by atoms with van der Waals surface area (Å²) in [4.78, 5) is 2.40. The minimum absolute atomic E-state index is 0.161. The van der Waals surface area contributed by atoms with E-state index >= 15 is 0 Å². The number of benzene rings is 1. The van der Waals surface area contributed by atoms with E-state index in [1.165, 1.54) is 24.9 Å². The van der Waals surface area contributed by atoms with Crippen LogP contribution in [0, 0.1) is 11.7 Å². The number of rotatable bonds is 7. The van der Waals surface area contributed by atoms with Gasteiger partial charge in [-0.05, 0) is 42.5 Å². The van der Waals surface area contributed by atoms with Gasteiger partial charge in [-0.1, -0.05) is 13.3 Å². The molecule has 1 aliphatic heterocycles. The fourth-order valence-corrected chi connectivity index (χ4v) is 2.98. The summed E-state index contributed by atoms with van der Waals surface area (Å²) in [6, 6.07) is 5.15. The SMILES string of the molecule is CCC1CCN(c2ccc(F)cc2CNCCOC)CC1. The van der Waals surface area contributed by atoms with Crippen molar-refractivity contribution in [3.05, 3.63) is 29.6 Å². The van der Waals surface area contributed by atoms with Crippen molar-refractivity contribution < 1.29 is 9.13 Å². The molecule has 21 heavy (non-hydrogen) atoms. The largest absolute Gasteiger partial charge is 0.383 e. The maximum atomic E-state index is 13.5. The molecule has 4 heteroatoms. The fourth-order valence-electron chi connectivity index (χ4n) is 2.98. The molecule has 3 nitrogen and oxygen atoms in total. The molecule has 1 aromatic carbocycles. The predicted molar refractivity (Wildman–Crippen MR) is 85.2 cm³/mol. The molecule has 1 N–H and O–H groups in total. The van der Waals surface area contributed by atoms with Gasteiger partial charge in [-0.15, -0.1) is 0 Å². The monoisotopic (exact) mass is 294 g/mol. The summed E-state index contributed by atoms with van der Waals surface area (Å²) in [6.45, 7) is 6.56. The van der Waals surface area contributed by atoms with Gasteiger partial charge in [0, 0.05) is 39.0 Å². The lowest BCUT2D eigenvalue weighted by Gasteiger charge is -2.34. The van der Waals surface area contributed by atoms with Crippen molar-refractivity contribution in [3.8, 4) is 0 Å². The summed E-state index contributed by atoms with van der Waals surface area (Å²) < 4.78 is 18.6. The van der Waals surface area contributed by atoms with Crippen LogP contribution in [0.4, 0.5) is 10.1 Å². The highest BCUT2D eigenvalue weighted by Gasteiger charge is 2.20. The van der Waals surface area contributed by atoms with Crippen LogP contribution >= 0.6 is 0 Å². The highest BCUT2D eigenvalue weighted by atomic mass is 19.1. The maximum Gasteiger partial charge on any atom is 0.123 e. The lowest BCUT2D eigenvalue weighted by Crippen LogP contribution is -2.34. The summed E-state index contributed by atoms with van der Waals surface area (Å²) in [6.07, 6.45) is 3.75. The Hall–Kier alpha value is -1.13. The van der Waals surface area contributed by atoms with Gasteiger partial charge < -0.3 is 15.0 Å². The molecular formula is C17H27FN2O. The van der Waals surface area contributed by atoms with Crippen LogP contribution in [0.5, 0.6) is 0 Å². The molecule has 0 spiro atoms. The highest BCUT2D eigenvalue weighted by molar-refractivity contribution is 5.54. The first-order valence-corrected chi connectivity index (χ1v) is 7.97. The Morgan fingerprint density at radius 3 is 2.76 bits per heavy atom. The van der Waals surface area contributed by atoms with Gasteiger partial charge in [0.25, 0.3) is 0 Å². The average Bonchev–Trinajstić information content (AvgIpc) is 2.52. The molecule has 0 aromatic heterocycles. The molecular weight excluding hydrogens is 267 g/mol. The van der Waals surface area contributed by atoms with Gasteiger partial charge in [-0.3, -0.25) is 0 Å². The Kier molecular flexibility index (Phi) is 6.46. The van der Waals surface area contributed by atoms with Crippen molar-refractivity contribution in [1.82, 2.24) is 5.32 Å². The van der Waals surface area contributed by atoms with Crippen LogP contribution < -0.4 is 10.2 Å². The zero-order valence-corrected chi connectivity index (χ0v) is 13.2. The molecule has 0 bridgehead atoms. The topological polar surface area (TPSA) is 24.5 Å². The van der Waals surface area contributed by atoms with E-state index in [1.54, 1.807) is 19.2 Å². The van der Waals surface area contributed by atoms with E-state index < -0.39 is 0 Å². The molecule has 2 rings (SSSR count). The summed E-state index contributed by atoms with van der Waals surface area (Å²) >= 11 is 0. The van der Waals surface area contributed by atoms with E-state index in [0.29, 0.717) is 13.2 Å². The predicted octanol–water partition coefficient (Wildman–Crippen LogP) is 3.19. The van der Waals surface area contributed by atoms with E-state index in [1.807, 2.05) is 6.07 Å². The molecule has 1 saturated heterocycles. The number of ether oxygens (including phenoxy) is 1. The van der Waals surface area contributed by atoms with E-state index in [9.17, 15) is 4.39 Å². The molecule has 1 aliphatic rings. The molecule has 0 saturated carbocycles. The van der Waals surface area contributed by atoms with Crippen LogP contribution in [-0.4, -0.2) is 33.4 Å². The third-order valence-corrected chi connectivity index (χ3v) is 4.37.